The molecule has 4 heteroatoms. The lowest BCUT2D eigenvalue weighted by Gasteiger charge is -2.15. The van der Waals surface area contributed by atoms with Crippen LogP contribution in [0.1, 0.15) is 6.42 Å². The molecule has 1 saturated heterocycles. The standard InChI is InChI=1S/C12H12Cl2O2/c1-2-3-11(12-7-15-12)16-10-5-8(13)4-9(14)6-10/h2,4-6,11-12H,1,3,7H2. The van der Waals surface area contributed by atoms with Crippen molar-refractivity contribution in [1.82, 2.24) is 0 Å². The summed E-state index contributed by atoms with van der Waals surface area (Å²) in [7, 11) is 0. The summed E-state index contributed by atoms with van der Waals surface area (Å²) in [6.45, 7) is 4.44. The Hall–Kier alpha value is -0.700. The van der Waals surface area contributed by atoms with Gasteiger partial charge in [0.25, 0.3) is 0 Å². The summed E-state index contributed by atoms with van der Waals surface area (Å²) in [6.07, 6.45) is 2.72. The number of hydrogen-bond acceptors (Lipinski definition) is 2. The number of rotatable bonds is 5. The van der Waals surface area contributed by atoms with Gasteiger partial charge in [-0.3, -0.25) is 0 Å². The smallest absolute Gasteiger partial charge is 0.130 e. The SMILES string of the molecule is C=CCC(Oc1cc(Cl)cc(Cl)c1)C1CO1. The van der Waals surface area contributed by atoms with E-state index < -0.39 is 0 Å². The minimum absolute atomic E-state index is 0.00738. The molecule has 0 aromatic heterocycles. The van der Waals surface area contributed by atoms with Gasteiger partial charge < -0.3 is 9.47 Å². The van der Waals surface area contributed by atoms with E-state index in [0.29, 0.717) is 15.8 Å². The Labute approximate surface area is 105 Å². The molecule has 1 heterocycles. The van der Waals surface area contributed by atoms with Crippen molar-refractivity contribution in [2.45, 2.75) is 18.6 Å². The van der Waals surface area contributed by atoms with Crippen LogP contribution in [-0.4, -0.2) is 18.8 Å². The first-order chi connectivity index (χ1) is 7.69. The van der Waals surface area contributed by atoms with Crippen LogP contribution in [-0.2, 0) is 4.74 Å². The Kier molecular flexibility index (Phi) is 3.74. The molecule has 1 aliphatic heterocycles. The quantitative estimate of drug-likeness (QED) is 0.593. The molecule has 2 atom stereocenters. The van der Waals surface area contributed by atoms with Crippen LogP contribution in [0.25, 0.3) is 0 Å². The van der Waals surface area contributed by atoms with Crippen LogP contribution in [0.5, 0.6) is 5.75 Å². The van der Waals surface area contributed by atoms with Crippen LogP contribution in [0.2, 0.25) is 10.0 Å². The molecule has 2 unspecified atom stereocenters. The lowest BCUT2D eigenvalue weighted by molar-refractivity contribution is 0.162. The van der Waals surface area contributed by atoms with E-state index in [0.717, 1.165) is 13.0 Å². The van der Waals surface area contributed by atoms with E-state index in [2.05, 4.69) is 6.58 Å². The highest BCUT2D eigenvalue weighted by Crippen LogP contribution is 2.28. The van der Waals surface area contributed by atoms with Crippen molar-refractivity contribution in [1.29, 1.82) is 0 Å². The Morgan fingerprint density at radius 1 is 1.44 bits per heavy atom. The Morgan fingerprint density at radius 2 is 2.06 bits per heavy atom. The molecule has 86 valence electrons. The molecule has 16 heavy (non-hydrogen) atoms. The van der Waals surface area contributed by atoms with Crippen LogP contribution in [0, 0.1) is 0 Å². The predicted octanol–water partition coefficient (Wildman–Crippen LogP) is 3.72. The topological polar surface area (TPSA) is 21.8 Å². The van der Waals surface area contributed by atoms with Crippen LogP contribution in [0.15, 0.2) is 30.9 Å². The molecule has 0 amide bonds. The highest BCUT2D eigenvalue weighted by atomic mass is 35.5. The van der Waals surface area contributed by atoms with E-state index in [1.54, 1.807) is 18.2 Å². The van der Waals surface area contributed by atoms with Crippen molar-refractivity contribution in [2.24, 2.45) is 0 Å². The summed E-state index contributed by atoms with van der Waals surface area (Å²) in [5.74, 6) is 0.667. The van der Waals surface area contributed by atoms with Crippen LogP contribution < -0.4 is 4.74 Å². The van der Waals surface area contributed by atoms with Gasteiger partial charge in [0.1, 0.15) is 18.0 Å². The Morgan fingerprint density at radius 3 is 2.56 bits per heavy atom. The van der Waals surface area contributed by atoms with Crippen molar-refractivity contribution in [3.63, 3.8) is 0 Å². The average molecular weight is 259 g/mol. The fourth-order valence-electron chi connectivity index (χ4n) is 1.48. The maximum Gasteiger partial charge on any atom is 0.130 e. The zero-order chi connectivity index (χ0) is 11.5. The molecule has 0 radical (unpaired) electrons. The highest BCUT2D eigenvalue weighted by molar-refractivity contribution is 6.34. The van der Waals surface area contributed by atoms with Gasteiger partial charge in [-0.1, -0.05) is 29.3 Å². The van der Waals surface area contributed by atoms with E-state index in [-0.39, 0.29) is 12.2 Å². The Balaban J connectivity index is 2.08. The molecule has 1 aromatic carbocycles. The normalized spacial score (nSPS) is 20.2. The largest absolute Gasteiger partial charge is 0.487 e. The lowest BCUT2D eigenvalue weighted by Crippen LogP contribution is -2.22. The number of hydrogen-bond donors (Lipinski definition) is 0. The van der Waals surface area contributed by atoms with Gasteiger partial charge in [0, 0.05) is 16.5 Å². The molecular formula is C12H12Cl2O2. The first kappa shape index (κ1) is 11.8. The van der Waals surface area contributed by atoms with Gasteiger partial charge in [-0.25, -0.2) is 0 Å². The number of epoxide rings is 1. The van der Waals surface area contributed by atoms with Crippen LogP contribution >= 0.6 is 23.2 Å². The molecule has 0 bridgehead atoms. The second-order valence-electron chi connectivity index (χ2n) is 3.66. The zero-order valence-corrected chi connectivity index (χ0v) is 10.2. The summed E-state index contributed by atoms with van der Waals surface area (Å²) >= 11 is 11.8. The molecule has 1 aromatic rings. The van der Waals surface area contributed by atoms with Crippen LogP contribution in [0.4, 0.5) is 0 Å². The third kappa shape index (κ3) is 3.14. The number of ether oxygens (including phenoxy) is 2. The fraction of sp³-hybridized carbons (Fsp3) is 0.333. The Bertz CT molecular complexity index is 368. The van der Waals surface area contributed by atoms with Gasteiger partial charge in [0.05, 0.1) is 6.61 Å². The van der Waals surface area contributed by atoms with E-state index in [1.165, 1.54) is 0 Å². The van der Waals surface area contributed by atoms with Crippen molar-refractivity contribution in [3.8, 4) is 5.75 Å². The predicted molar refractivity (Wildman–Crippen MR) is 65.4 cm³/mol. The van der Waals surface area contributed by atoms with E-state index in [9.17, 15) is 0 Å². The summed E-state index contributed by atoms with van der Waals surface area (Å²) in [5, 5.41) is 1.13. The summed E-state index contributed by atoms with van der Waals surface area (Å²) in [6, 6.07) is 5.16. The van der Waals surface area contributed by atoms with Gasteiger partial charge in [-0.2, -0.15) is 0 Å². The molecule has 1 aliphatic rings. The van der Waals surface area contributed by atoms with Crippen LogP contribution in [0.3, 0.4) is 0 Å². The maximum atomic E-state index is 5.89. The minimum Gasteiger partial charge on any atom is -0.487 e. The molecule has 2 nitrogen and oxygen atoms in total. The van der Waals surface area contributed by atoms with Crippen molar-refractivity contribution >= 4 is 23.2 Å². The average Bonchev–Trinajstić information content (AvgIpc) is 2.98. The van der Waals surface area contributed by atoms with Gasteiger partial charge >= 0.3 is 0 Å². The third-order valence-electron chi connectivity index (χ3n) is 2.30. The monoisotopic (exact) mass is 258 g/mol. The maximum absolute atomic E-state index is 5.89. The summed E-state index contributed by atoms with van der Waals surface area (Å²) in [5.41, 5.74) is 0. The fourth-order valence-corrected chi connectivity index (χ4v) is 1.99. The van der Waals surface area contributed by atoms with E-state index in [4.69, 9.17) is 32.7 Å². The zero-order valence-electron chi connectivity index (χ0n) is 8.66. The van der Waals surface area contributed by atoms with Gasteiger partial charge in [-0.05, 0) is 18.2 Å². The minimum atomic E-state index is -0.00738. The van der Waals surface area contributed by atoms with Crippen molar-refractivity contribution in [3.05, 3.63) is 40.9 Å². The molecule has 0 spiro atoms. The lowest BCUT2D eigenvalue weighted by atomic mass is 10.2. The van der Waals surface area contributed by atoms with Gasteiger partial charge in [-0.15, -0.1) is 6.58 Å². The van der Waals surface area contributed by atoms with Crippen molar-refractivity contribution in [2.75, 3.05) is 6.61 Å². The van der Waals surface area contributed by atoms with Gasteiger partial charge in [0.15, 0.2) is 0 Å². The van der Waals surface area contributed by atoms with Crippen molar-refractivity contribution < 1.29 is 9.47 Å². The first-order valence-electron chi connectivity index (χ1n) is 5.04. The molecule has 0 N–H and O–H groups in total. The van der Waals surface area contributed by atoms with E-state index in [1.807, 2.05) is 6.08 Å². The summed E-state index contributed by atoms with van der Waals surface area (Å²) < 4.78 is 11.0. The molecule has 0 aliphatic carbocycles. The third-order valence-corrected chi connectivity index (χ3v) is 2.73. The first-order valence-corrected chi connectivity index (χ1v) is 5.80. The second-order valence-corrected chi connectivity index (χ2v) is 4.53. The molecule has 2 rings (SSSR count). The highest BCUT2D eigenvalue weighted by Gasteiger charge is 2.33. The van der Waals surface area contributed by atoms with E-state index >= 15 is 0 Å². The molecular weight excluding hydrogens is 247 g/mol. The summed E-state index contributed by atoms with van der Waals surface area (Å²) in [4.78, 5) is 0. The van der Waals surface area contributed by atoms with Gasteiger partial charge in [0.2, 0.25) is 0 Å². The number of benzene rings is 1. The number of halogens is 2. The molecule has 1 fully saturated rings. The second kappa shape index (κ2) is 5.09. The molecule has 0 saturated carbocycles.